The van der Waals surface area contributed by atoms with Crippen LogP contribution in [0.3, 0.4) is 0 Å². The van der Waals surface area contributed by atoms with E-state index in [2.05, 4.69) is 27.7 Å². The molecule has 0 heterocycles. The molecule has 0 bridgehead atoms. The molecule has 0 fully saturated rings. The molecule has 0 aliphatic carbocycles. The van der Waals surface area contributed by atoms with Crippen LogP contribution in [0, 0.1) is 0 Å². The van der Waals surface area contributed by atoms with Crippen molar-refractivity contribution in [3.8, 4) is 0 Å². The Kier molecular flexibility index (Phi) is 4.88. The summed E-state index contributed by atoms with van der Waals surface area (Å²) < 4.78 is 5.55. The first kappa shape index (κ1) is 9.02. The first-order valence-corrected chi connectivity index (χ1v) is 3.86. The second-order valence-electron chi connectivity index (χ2n) is 2.62. The van der Waals surface area contributed by atoms with Crippen molar-refractivity contribution in [1.82, 2.24) is 0 Å². The molecular weight excluding hydrogens is 111 g/mol. The lowest BCUT2D eigenvalue weighted by atomic mass is 9.62. The number of hydrogen-bond donors (Lipinski definition) is 0. The van der Waals surface area contributed by atoms with Crippen LogP contribution in [-0.2, 0) is 4.65 Å². The van der Waals surface area contributed by atoms with Crippen LogP contribution in [0.5, 0.6) is 0 Å². The Hall–Kier alpha value is 0.0249. The fourth-order valence-corrected chi connectivity index (χ4v) is 0.866. The summed E-state index contributed by atoms with van der Waals surface area (Å²) in [6.07, 6.45) is 2.65. The predicted molar refractivity (Wildman–Crippen MR) is 42.9 cm³/mol. The third-order valence-electron chi connectivity index (χ3n) is 1.38. The van der Waals surface area contributed by atoms with Gasteiger partial charge in [0.05, 0.1) is 0 Å². The molecule has 0 aliphatic heterocycles. The van der Waals surface area contributed by atoms with Gasteiger partial charge in [0.1, 0.15) is 0 Å². The van der Waals surface area contributed by atoms with Gasteiger partial charge in [-0.3, -0.25) is 0 Å². The molecule has 0 atom stereocenters. The summed E-state index contributed by atoms with van der Waals surface area (Å²) in [7, 11) is 0. The summed E-state index contributed by atoms with van der Waals surface area (Å²) >= 11 is 0. The van der Waals surface area contributed by atoms with Crippen LogP contribution in [0.2, 0.25) is 12.6 Å². The third kappa shape index (κ3) is 4.52. The highest BCUT2D eigenvalue weighted by Gasteiger charge is 2.10. The Bertz CT molecular complexity index is 59.9. The van der Waals surface area contributed by atoms with Crippen LogP contribution in [-0.4, -0.2) is 13.0 Å². The summed E-state index contributed by atoms with van der Waals surface area (Å²) in [5.74, 6) is 0. The molecule has 2 heteroatoms. The molecule has 0 saturated carbocycles. The van der Waals surface area contributed by atoms with Gasteiger partial charge in [0, 0.05) is 6.10 Å². The minimum Gasteiger partial charge on any atom is -0.434 e. The van der Waals surface area contributed by atoms with Crippen LogP contribution in [0.1, 0.15) is 27.7 Å². The topological polar surface area (TPSA) is 9.23 Å². The molecular formula is C7H17BO. The lowest BCUT2D eigenvalue weighted by molar-refractivity contribution is 0.242. The van der Waals surface area contributed by atoms with Gasteiger partial charge in [-0.25, -0.2) is 0 Å². The van der Waals surface area contributed by atoms with Gasteiger partial charge in [-0.05, 0) is 13.8 Å². The Balaban J connectivity index is 3.31. The maximum Gasteiger partial charge on any atom is 0.292 e. The molecule has 9 heavy (non-hydrogen) atoms. The van der Waals surface area contributed by atoms with Crippen molar-refractivity contribution in [2.45, 2.75) is 46.4 Å². The van der Waals surface area contributed by atoms with Crippen molar-refractivity contribution in [3.05, 3.63) is 0 Å². The lowest BCUT2D eigenvalue weighted by Crippen LogP contribution is -2.19. The van der Waals surface area contributed by atoms with E-state index in [4.69, 9.17) is 4.65 Å². The van der Waals surface area contributed by atoms with Crippen molar-refractivity contribution < 1.29 is 4.65 Å². The summed E-state index contributed by atoms with van der Waals surface area (Å²) in [6.45, 7) is 8.97. The highest BCUT2D eigenvalue weighted by atomic mass is 16.4. The largest absolute Gasteiger partial charge is 0.434 e. The highest BCUT2D eigenvalue weighted by Crippen LogP contribution is 2.02. The zero-order valence-electron chi connectivity index (χ0n) is 6.98. The Labute approximate surface area is 58.9 Å². The maximum atomic E-state index is 5.55. The van der Waals surface area contributed by atoms with Crippen LogP contribution < -0.4 is 0 Å². The normalized spacial score (nSPS) is 10.3. The van der Waals surface area contributed by atoms with Gasteiger partial charge >= 0.3 is 0 Å². The zero-order valence-corrected chi connectivity index (χ0v) is 6.98. The van der Waals surface area contributed by atoms with E-state index < -0.39 is 0 Å². The quantitative estimate of drug-likeness (QED) is 0.528. The molecule has 0 radical (unpaired) electrons. The minimum absolute atomic E-state index is 0.384. The van der Waals surface area contributed by atoms with Gasteiger partial charge in [0.15, 0.2) is 0 Å². The maximum absolute atomic E-state index is 5.55. The standard InChI is InChI=1S/C7H17BO/c1-5-8(6-2)9-7(3)4/h7H,5-6H2,1-4H3. The fourth-order valence-electron chi connectivity index (χ4n) is 0.866. The summed E-state index contributed by atoms with van der Waals surface area (Å²) in [5.41, 5.74) is 0. The fraction of sp³-hybridized carbons (Fsp3) is 1.00. The second kappa shape index (κ2) is 4.86. The van der Waals surface area contributed by atoms with Crippen molar-refractivity contribution in [1.29, 1.82) is 0 Å². The molecule has 0 aromatic rings. The van der Waals surface area contributed by atoms with Crippen LogP contribution in [0.25, 0.3) is 0 Å². The third-order valence-corrected chi connectivity index (χ3v) is 1.38. The molecule has 0 amide bonds. The van der Waals surface area contributed by atoms with E-state index in [-0.39, 0.29) is 0 Å². The molecule has 0 aliphatic rings. The molecule has 0 spiro atoms. The smallest absolute Gasteiger partial charge is 0.292 e. The number of rotatable bonds is 4. The van der Waals surface area contributed by atoms with E-state index in [9.17, 15) is 0 Å². The van der Waals surface area contributed by atoms with Crippen LogP contribution >= 0.6 is 0 Å². The van der Waals surface area contributed by atoms with Gasteiger partial charge < -0.3 is 4.65 Å². The second-order valence-corrected chi connectivity index (χ2v) is 2.62. The molecule has 0 saturated heterocycles. The summed E-state index contributed by atoms with van der Waals surface area (Å²) in [4.78, 5) is 0. The van der Waals surface area contributed by atoms with E-state index in [1.165, 1.54) is 0 Å². The molecule has 0 aromatic carbocycles. The van der Waals surface area contributed by atoms with Crippen molar-refractivity contribution in [2.75, 3.05) is 0 Å². The first-order chi connectivity index (χ1) is 4.20. The van der Waals surface area contributed by atoms with Gasteiger partial charge in [-0.15, -0.1) is 0 Å². The van der Waals surface area contributed by atoms with Crippen LogP contribution in [0.15, 0.2) is 0 Å². The SMILES string of the molecule is CCB(CC)OC(C)C. The molecule has 1 nitrogen and oxygen atoms in total. The van der Waals surface area contributed by atoms with E-state index in [1.54, 1.807) is 0 Å². The summed E-state index contributed by atoms with van der Waals surface area (Å²) in [5, 5.41) is 0. The number of hydrogen-bond acceptors (Lipinski definition) is 1. The van der Waals surface area contributed by atoms with Crippen LogP contribution in [0.4, 0.5) is 0 Å². The van der Waals surface area contributed by atoms with Gasteiger partial charge in [0.2, 0.25) is 0 Å². The van der Waals surface area contributed by atoms with E-state index >= 15 is 0 Å². The molecule has 0 N–H and O–H groups in total. The average molecular weight is 128 g/mol. The predicted octanol–water partition coefficient (Wildman–Crippen LogP) is 2.44. The van der Waals surface area contributed by atoms with Crippen molar-refractivity contribution in [2.24, 2.45) is 0 Å². The van der Waals surface area contributed by atoms with Crippen molar-refractivity contribution >= 4 is 6.92 Å². The molecule has 0 unspecified atom stereocenters. The van der Waals surface area contributed by atoms with Gasteiger partial charge in [-0.2, -0.15) is 0 Å². The minimum atomic E-state index is 0.384. The Morgan fingerprint density at radius 3 is 1.78 bits per heavy atom. The Morgan fingerprint density at radius 2 is 1.67 bits per heavy atom. The lowest BCUT2D eigenvalue weighted by Gasteiger charge is -2.13. The van der Waals surface area contributed by atoms with E-state index in [0.29, 0.717) is 13.0 Å². The van der Waals surface area contributed by atoms with Gasteiger partial charge in [0.25, 0.3) is 6.92 Å². The van der Waals surface area contributed by atoms with Gasteiger partial charge in [-0.1, -0.05) is 26.5 Å². The summed E-state index contributed by atoms with van der Waals surface area (Å²) in [6, 6.07) is 0. The highest BCUT2D eigenvalue weighted by molar-refractivity contribution is 6.51. The molecule has 0 aromatic heterocycles. The monoisotopic (exact) mass is 128 g/mol. The van der Waals surface area contributed by atoms with E-state index in [1.807, 2.05) is 0 Å². The van der Waals surface area contributed by atoms with Crippen molar-refractivity contribution in [3.63, 3.8) is 0 Å². The van der Waals surface area contributed by atoms with E-state index in [0.717, 1.165) is 12.6 Å². The molecule has 54 valence electrons. The zero-order chi connectivity index (χ0) is 7.28. The Morgan fingerprint density at radius 1 is 1.22 bits per heavy atom. The first-order valence-electron chi connectivity index (χ1n) is 3.86. The molecule has 0 rings (SSSR count). The average Bonchev–Trinajstić information content (AvgIpc) is 1.82.